The number of hydrogen-bond donors (Lipinski definition) is 3. The van der Waals surface area contributed by atoms with E-state index in [1.807, 2.05) is 0 Å². The lowest BCUT2D eigenvalue weighted by Crippen LogP contribution is -2.37. The smallest absolute Gasteiger partial charge is 0.224 e. The Morgan fingerprint density at radius 1 is 1.53 bits per heavy atom. The number of hydrogen-bond acceptors (Lipinski definition) is 4. The molecule has 0 aliphatic carbocycles. The van der Waals surface area contributed by atoms with Crippen molar-refractivity contribution in [1.82, 2.24) is 4.98 Å². The van der Waals surface area contributed by atoms with E-state index in [4.69, 9.17) is 11.5 Å². The lowest BCUT2D eigenvalue weighted by atomic mass is 9.93. The first kappa shape index (κ1) is 11.3. The number of aromatic nitrogens is 1. The molecule has 1 rings (SSSR count). The number of nitrogens with two attached hydrogens (primary N) is 2. The number of nitrogen functional groups attached to an aromatic ring is 1. The largest absolute Gasteiger partial charge is 0.397 e. The van der Waals surface area contributed by atoms with Crippen LogP contribution in [0.15, 0.2) is 18.3 Å². The summed E-state index contributed by atoms with van der Waals surface area (Å²) >= 11 is 0. The van der Waals surface area contributed by atoms with Crippen molar-refractivity contribution in [2.24, 2.45) is 11.1 Å². The van der Waals surface area contributed by atoms with Gasteiger partial charge in [-0.15, -0.1) is 0 Å². The highest BCUT2D eigenvalue weighted by Crippen LogP contribution is 2.15. The van der Waals surface area contributed by atoms with Gasteiger partial charge in [-0.1, -0.05) is 0 Å². The number of nitrogens with zero attached hydrogens (tertiary/aromatic N) is 1. The van der Waals surface area contributed by atoms with Crippen LogP contribution >= 0.6 is 0 Å². The third-order valence-electron chi connectivity index (χ3n) is 2.16. The molecular weight excluding hydrogens is 192 g/mol. The van der Waals surface area contributed by atoms with E-state index in [0.717, 1.165) is 0 Å². The van der Waals surface area contributed by atoms with Gasteiger partial charge >= 0.3 is 0 Å². The summed E-state index contributed by atoms with van der Waals surface area (Å²) in [5.41, 5.74) is 10.7. The zero-order valence-electron chi connectivity index (χ0n) is 8.95. The fourth-order valence-corrected chi connectivity index (χ4v) is 0.909. The van der Waals surface area contributed by atoms with Crippen LogP contribution in [0.3, 0.4) is 0 Å². The van der Waals surface area contributed by atoms with Crippen LogP contribution in [0.2, 0.25) is 0 Å². The van der Waals surface area contributed by atoms with Gasteiger partial charge < -0.3 is 16.8 Å². The van der Waals surface area contributed by atoms with Gasteiger partial charge in [0.2, 0.25) is 5.91 Å². The van der Waals surface area contributed by atoms with E-state index in [0.29, 0.717) is 18.1 Å². The van der Waals surface area contributed by atoms with Crippen molar-refractivity contribution in [3.8, 4) is 0 Å². The molecule has 1 heterocycles. The minimum Gasteiger partial charge on any atom is -0.397 e. The Morgan fingerprint density at radius 2 is 2.20 bits per heavy atom. The molecule has 5 heteroatoms. The van der Waals surface area contributed by atoms with Gasteiger partial charge in [0.25, 0.3) is 0 Å². The Morgan fingerprint density at radius 3 is 2.67 bits per heavy atom. The topological polar surface area (TPSA) is 94.0 Å². The van der Waals surface area contributed by atoms with E-state index in [2.05, 4.69) is 10.3 Å². The van der Waals surface area contributed by atoms with Crippen LogP contribution in [0, 0.1) is 5.41 Å². The summed E-state index contributed by atoms with van der Waals surface area (Å²) in [6, 6.07) is 3.50. The van der Waals surface area contributed by atoms with E-state index in [-0.39, 0.29) is 5.91 Å². The second-order valence-corrected chi connectivity index (χ2v) is 4.08. The molecule has 0 radical (unpaired) electrons. The Kier molecular flexibility index (Phi) is 3.14. The maximum absolute atomic E-state index is 11.0. The van der Waals surface area contributed by atoms with Crippen LogP contribution in [-0.2, 0) is 4.79 Å². The summed E-state index contributed by atoms with van der Waals surface area (Å²) in [4.78, 5) is 15.1. The first-order valence-electron chi connectivity index (χ1n) is 4.67. The number of primary amides is 1. The van der Waals surface area contributed by atoms with Crippen molar-refractivity contribution in [1.29, 1.82) is 0 Å². The molecule has 5 nitrogen and oxygen atoms in total. The number of rotatable bonds is 4. The molecular formula is C10H16N4O. The third kappa shape index (κ3) is 3.12. The first-order chi connectivity index (χ1) is 6.92. The van der Waals surface area contributed by atoms with Crippen LogP contribution < -0.4 is 16.8 Å². The average molecular weight is 208 g/mol. The number of carbonyl (C=O) groups excluding carboxylic acids is 1. The number of pyridine rings is 1. The van der Waals surface area contributed by atoms with Gasteiger partial charge in [-0.3, -0.25) is 4.79 Å². The van der Waals surface area contributed by atoms with Crippen LogP contribution in [0.25, 0.3) is 0 Å². The maximum atomic E-state index is 11.0. The minimum atomic E-state index is -0.594. The molecule has 5 N–H and O–H groups in total. The standard InChI is InChI=1S/C10H16N4O/c1-10(2,9(12)15)6-14-8-4-3-7(11)5-13-8/h3-5H,6,11H2,1-2H3,(H2,12,15)(H,13,14). The molecule has 0 saturated heterocycles. The van der Waals surface area contributed by atoms with Crippen LogP contribution in [0.1, 0.15) is 13.8 Å². The molecule has 0 unspecified atom stereocenters. The highest BCUT2D eigenvalue weighted by Gasteiger charge is 2.24. The normalized spacial score (nSPS) is 11.1. The number of nitrogens with one attached hydrogen (secondary N) is 1. The summed E-state index contributed by atoms with van der Waals surface area (Å²) in [6.45, 7) is 4.00. The monoisotopic (exact) mass is 208 g/mol. The van der Waals surface area contributed by atoms with E-state index in [1.165, 1.54) is 0 Å². The Bertz CT molecular complexity index is 345. The van der Waals surface area contributed by atoms with Gasteiger partial charge in [-0.2, -0.15) is 0 Å². The fraction of sp³-hybridized carbons (Fsp3) is 0.400. The van der Waals surface area contributed by atoms with E-state index >= 15 is 0 Å². The molecule has 0 aliphatic heterocycles. The molecule has 0 atom stereocenters. The Hall–Kier alpha value is -1.78. The maximum Gasteiger partial charge on any atom is 0.224 e. The highest BCUT2D eigenvalue weighted by molar-refractivity contribution is 5.80. The quantitative estimate of drug-likeness (QED) is 0.675. The van der Waals surface area contributed by atoms with Crippen LogP contribution in [0.4, 0.5) is 11.5 Å². The first-order valence-corrected chi connectivity index (χ1v) is 4.67. The van der Waals surface area contributed by atoms with Gasteiger partial charge in [0.1, 0.15) is 5.82 Å². The van der Waals surface area contributed by atoms with Gasteiger partial charge in [0.05, 0.1) is 17.3 Å². The molecule has 0 bridgehead atoms. The summed E-state index contributed by atoms with van der Waals surface area (Å²) in [5, 5.41) is 3.03. The van der Waals surface area contributed by atoms with E-state index in [9.17, 15) is 4.79 Å². The minimum absolute atomic E-state index is 0.342. The summed E-state index contributed by atoms with van der Waals surface area (Å²) in [7, 11) is 0. The number of carbonyl (C=O) groups is 1. The van der Waals surface area contributed by atoms with Crippen molar-refractivity contribution in [2.75, 3.05) is 17.6 Å². The van der Waals surface area contributed by atoms with Gasteiger partial charge in [0, 0.05) is 6.54 Å². The molecule has 0 aliphatic rings. The van der Waals surface area contributed by atoms with E-state index in [1.54, 1.807) is 32.2 Å². The Balaban J connectivity index is 2.57. The van der Waals surface area contributed by atoms with Crippen LogP contribution in [0.5, 0.6) is 0 Å². The Labute approximate surface area is 88.9 Å². The molecule has 1 aromatic heterocycles. The fourth-order valence-electron chi connectivity index (χ4n) is 0.909. The zero-order valence-corrected chi connectivity index (χ0v) is 8.95. The predicted molar refractivity (Wildman–Crippen MR) is 60.1 cm³/mol. The average Bonchev–Trinajstić information content (AvgIpc) is 2.17. The van der Waals surface area contributed by atoms with Crippen molar-refractivity contribution in [2.45, 2.75) is 13.8 Å². The van der Waals surface area contributed by atoms with Gasteiger partial charge in [-0.05, 0) is 26.0 Å². The zero-order chi connectivity index (χ0) is 11.5. The lowest BCUT2D eigenvalue weighted by molar-refractivity contribution is -0.125. The van der Waals surface area contributed by atoms with Crippen molar-refractivity contribution in [3.63, 3.8) is 0 Å². The summed E-state index contributed by atoms with van der Waals surface area (Å²) in [5.74, 6) is 0.337. The highest BCUT2D eigenvalue weighted by atomic mass is 16.1. The van der Waals surface area contributed by atoms with Crippen molar-refractivity contribution < 1.29 is 4.79 Å². The molecule has 0 spiro atoms. The summed E-state index contributed by atoms with van der Waals surface area (Å²) < 4.78 is 0. The van der Waals surface area contributed by atoms with Crippen LogP contribution in [-0.4, -0.2) is 17.4 Å². The SMILES string of the molecule is CC(C)(CNc1ccc(N)cn1)C(N)=O. The summed E-state index contributed by atoms with van der Waals surface area (Å²) in [6.07, 6.45) is 1.56. The molecule has 15 heavy (non-hydrogen) atoms. The molecule has 0 saturated carbocycles. The predicted octanol–water partition coefficient (Wildman–Crippen LogP) is 0.587. The molecule has 1 aromatic rings. The molecule has 0 aromatic carbocycles. The number of anilines is 2. The van der Waals surface area contributed by atoms with Crippen molar-refractivity contribution >= 4 is 17.4 Å². The number of amides is 1. The molecule has 1 amide bonds. The molecule has 82 valence electrons. The lowest BCUT2D eigenvalue weighted by Gasteiger charge is -2.20. The van der Waals surface area contributed by atoms with Gasteiger partial charge in [-0.25, -0.2) is 4.98 Å². The van der Waals surface area contributed by atoms with Gasteiger partial charge in [0.15, 0.2) is 0 Å². The second-order valence-electron chi connectivity index (χ2n) is 4.08. The molecule has 0 fully saturated rings. The van der Waals surface area contributed by atoms with E-state index < -0.39 is 5.41 Å². The third-order valence-corrected chi connectivity index (χ3v) is 2.16. The second kappa shape index (κ2) is 4.16. The van der Waals surface area contributed by atoms with Crippen molar-refractivity contribution in [3.05, 3.63) is 18.3 Å².